The zero-order valence-electron chi connectivity index (χ0n) is 24.2. The van der Waals surface area contributed by atoms with Crippen molar-refractivity contribution in [3.63, 3.8) is 0 Å². The summed E-state index contributed by atoms with van der Waals surface area (Å²) in [4.78, 5) is 75.1. The molecule has 3 aliphatic carbocycles. The number of amides is 1. The minimum atomic E-state index is -2.74. The third kappa shape index (κ3) is 4.24. The number of Topliss-reactive ketones (excluding diaryl/α,β-unsaturated/α-hetero) is 4. The van der Waals surface area contributed by atoms with Crippen molar-refractivity contribution in [3.05, 3.63) is 47.5 Å². The molecule has 1 amide bonds. The Bertz CT molecular complexity index is 1610. The smallest absolute Gasteiger partial charge is 0.235 e. The molecule has 1 aliphatic heterocycles. The number of aliphatic imine (C=N–C) groups is 1. The number of fused-ring (bicyclic) bond motifs is 3. The van der Waals surface area contributed by atoms with Crippen molar-refractivity contribution >= 4 is 40.6 Å². The van der Waals surface area contributed by atoms with Crippen LogP contribution in [-0.2, 0) is 25.6 Å². The van der Waals surface area contributed by atoms with Gasteiger partial charge in [0.15, 0.2) is 34.7 Å². The first-order chi connectivity index (χ1) is 20.4. The van der Waals surface area contributed by atoms with Crippen LogP contribution in [-0.4, -0.2) is 94.2 Å². The quantitative estimate of drug-likeness (QED) is 0.447. The molecule has 2 saturated carbocycles. The summed E-state index contributed by atoms with van der Waals surface area (Å²) in [5.74, 6) is -9.57. The van der Waals surface area contributed by atoms with Gasteiger partial charge in [0.25, 0.3) is 0 Å². The molecular weight excluding hydrogens is 552 g/mol. The highest BCUT2D eigenvalue weighted by atomic mass is 16.3. The Balaban J connectivity index is 1.41. The monoisotopic (exact) mass is 586 g/mol. The summed E-state index contributed by atoms with van der Waals surface area (Å²) in [7, 11) is 5.13. The molecule has 0 spiro atoms. The normalized spacial score (nSPS) is 31.3. The number of phenols is 1. The lowest BCUT2D eigenvalue weighted by Gasteiger charge is -2.52. The van der Waals surface area contributed by atoms with Crippen molar-refractivity contribution < 1.29 is 34.2 Å². The fraction of sp³-hybridized carbons (Fsp3) is 0.438. The van der Waals surface area contributed by atoms with E-state index in [-0.39, 0.29) is 24.2 Å². The molecule has 6 atom stereocenters. The van der Waals surface area contributed by atoms with Gasteiger partial charge in [-0.05, 0) is 74.2 Å². The molecule has 2 aromatic carbocycles. The highest BCUT2D eigenvalue weighted by molar-refractivity contribution is 6.32. The molecule has 4 aliphatic rings. The van der Waals surface area contributed by atoms with E-state index in [0.29, 0.717) is 11.1 Å². The van der Waals surface area contributed by atoms with Gasteiger partial charge in [0.2, 0.25) is 5.91 Å². The third-order valence-electron chi connectivity index (χ3n) is 9.72. The molecule has 2 unspecified atom stereocenters. The number of likely N-dealkylation sites (N-methyl/N-ethyl adjacent to an activating group) is 1. The second-order valence-electron chi connectivity index (χ2n) is 12.4. The van der Waals surface area contributed by atoms with E-state index in [9.17, 15) is 34.2 Å². The van der Waals surface area contributed by atoms with Crippen LogP contribution in [0.15, 0.2) is 41.4 Å². The number of aliphatic hydroxyl groups is 1. The van der Waals surface area contributed by atoms with Crippen LogP contribution in [0, 0.1) is 23.7 Å². The van der Waals surface area contributed by atoms with Gasteiger partial charge < -0.3 is 20.8 Å². The number of carbonyl (C=O) groups is 5. The second kappa shape index (κ2) is 10.2. The van der Waals surface area contributed by atoms with E-state index in [2.05, 4.69) is 4.90 Å². The van der Waals surface area contributed by atoms with E-state index in [0.717, 1.165) is 36.5 Å². The average molecular weight is 587 g/mol. The van der Waals surface area contributed by atoms with E-state index in [1.54, 1.807) is 20.2 Å². The number of aromatic hydroxyl groups is 1. The van der Waals surface area contributed by atoms with Crippen LogP contribution in [0.5, 0.6) is 5.75 Å². The number of likely N-dealkylation sites (tertiary alicyclic amines) is 1. The molecule has 1 heterocycles. The van der Waals surface area contributed by atoms with Crippen LogP contribution in [0.25, 0.3) is 11.1 Å². The number of nitrogens with two attached hydrogens (primary N) is 1. The van der Waals surface area contributed by atoms with Crippen molar-refractivity contribution in [2.45, 2.75) is 37.3 Å². The van der Waals surface area contributed by atoms with Gasteiger partial charge in [-0.1, -0.05) is 18.2 Å². The summed E-state index contributed by atoms with van der Waals surface area (Å²) in [6.07, 6.45) is 2.18. The van der Waals surface area contributed by atoms with Gasteiger partial charge in [0, 0.05) is 25.9 Å². The van der Waals surface area contributed by atoms with Gasteiger partial charge in [0.05, 0.1) is 23.2 Å². The lowest BCUT2D eigenvalue weighted by Crippen LogP contribution is -2.74. The maximum Gasteiger partial charge on any atom is 0.235 e. The number of benzene rings is 2. The largest absolute Gasteiger partial charge is 0.507 e. The Hall–Kier alpha value is -4.22. The van der Waals surface area contributed by atoms with Crippen LogP contribution < -0.4 is 5.73 Å². The second-order valence-corrected chi connectivity index (χ2v) is 12.4. The summed E-state index contributed by atoms with van der Waals surface area (Å²) in [6.45, 7) is 0.969. The lowest BCUT2D eigenvalue weighted by atomic mass is 9.52. The molecule has 11 heteroatoms. The standard InChI is InChI=1S/C32H34N4O7/c1-35(2)26-20-14-16-13-19-18(15-6-8-17(9-7-15)34-22-5-4-12-36(22)3)10-11-21(37)24(19)27(38)23(16)29(40)32(20,43)30(41)25(28(26)39)31(33)42/h6-11,16,20,23,25-26,37,43H,4-5,12-14H2,1-3H3,(H2,33,42)/t16-,20-,23?,25?,26-,32-/m0/s1. The maximum atomic E-state index is 14.0. The van der Waals surface area contributed by atoms with Crippen molar-refractivity contribution in [2.75, 3.05) is 27.7 Å². The van der Waals surface area contributed by atoms with E-state index < -0.39 is 64.4 Å². The van der Waals surface area contributed by atoms with Crippen molar-refractivity contribution in [1.82, 2.24) is 9.80 Å². The molecule has 4 N–H and O–H groups in total. The highest BCUT2D eigenvalue weighted by Gasteiger charge is 2.69. The van der Waals surface area contributed by atoms with E-state index in [4.69, 9.17) is 10.7 Å². The van der Waals surface area contributed by atoms with Crippen LogP contribution >= 0.6 is 0 Å². The zero-order chi connectivity index (χ0) is 31.0. The zero-order valence-corrected chi connectivity index (χ0v) is 24.2. The molecule has 43 heavy (non-hydrogen) atoms. The van der Waals surface area contributed by atoms with Gasteiger partial charge in [-0.15, -0.1) is 0 Å². The number of ketones is 4. The summed E-state index contributed by atoms with van der Waals surface area (Å²) >= 11 is 0. The number of hydrogen-bond donors (Lipinski definition) is 3. The van der Waals surface area contributed by atoms with Gasteiger partial charge >= 0.3 is 0 Å². The molecule has 11 nitrogen and oxygen atoms in total. The minimum absolute atomic E-state index is 0.00292. The number of rotatable bonds is 4. The fourth-order valence-corrected chi connectivity index (χ4v) is 7.68. The van der Waals surface area contributed by atoms with E-state index in [1.807, 2.05) is 31.3 Å². The Kier molecular flexibility index (Phi) is 6.85. The fourth-order valence-electron chi connectivity index (χ4n) is 7.68. The van der Waals surface area contributed by atoms with Crippen molar-refractivity contribution in [3.8, 4) is 16.9 Å². The number of amidine groups is 1. The molecule has 2 aromatic rings. The molecule has 0 bridgehead atoms. The van der Waals surface area contributed by atoms with Gasteiger partial charge in [0.1, 0.15) is 11.6 Å². The highest BCUT2D eigenvalue weighted by Crippen LogP contribution is 2.51. The third-order valence-corrected chi connectivity index (χ3v) is 9.72. The van der Waals surface area contributed by atoms with Crippen molar-refractivity contribution in [1.29, 1.82) is 0 Å². The Labute approximate surface area is 248 Å². The SMILES string of the molecule is CN1CCCC1=Nc1ccc(-c2ccc(O)c3c2C[C@H]2C[C@H]4[C@H](N(C)C)C(=O)C(C(N)=O)C(=O)[C@@]4(O)C(=O)C2C3=O)cc1. The predicted octanol–water partition coefficient (Wildman–Crippen LogP) is 1.29. The van der Waals surface area contributed by atoms with Gasteiger partial charge in [-0.3, -0.25) is 28.9 Å². The number of hydrogen-bond acceptors (Lipinski definition) is 9. The first-order valence-electron chi connectivity index (χ1n) is 14.4. The topological polar surface area (TPSA) is 171 Å². The Morgan fingerprint density at radius 3 is 2.37 bits per heavy atom. The summed E-state index contributed by atoms with van der Waals surface area (Å²) in [6, 6.07) is 9.55. The number of nitrogens with zero attached hydrogens (tertiary/aromatic N) is 3. The van der Waals surface area contributed by atoms with Crippen molar-refractivity contribution in [2.24, 2.45) is 34.4 Å². The number of carbonyl (C=O) groups excluding carboxylic acids is 5. The Morgan fingerprint density at radius 2 is 1.77 bits per heavy atom. The molecule has 6 rings (SSSR count). The van der Waals surface area contributed by atoms with Gasteiger partial charge in [-0.2, -0.15) is 0 Å². The maximum absolute atomic E-state index is 14.0. The Morgan fingerprint density at radius 1 is 1.07 bits per heavy atom. The first kappa shape index (κ1) is 28.9. The molecule has 3 fully saturated rings. The van der Waals surface area contributed by atoms with Crippen LogP contribution in [0.1, 0.15) is 35.2 Å². The number of primary amides is 1. The van der Waals surface area contributed by atoms with Crippen LogP contribution in [0.4, 0.5) is 5.69 Å². The molecule has 0 radical (unpaired) electrons. The summed E-state index contributed by atoms with van der Waals surface area (Å²) in [5.41, 5.74) is 5.46. The molecule has 1 saturated heterocycles. The average Bonchev–Trinajstić information content (AvgIpc) is 3.35. The lowest BCUT2D eigenvalue weighted by molar-refractivity contribution is -0.181. The molecular formula is C32H34N4O7. The summed E-state index contributed by atoms with van der Waals surface area (Å²) in [5, 5.41) is 22.5. The predicted molar refractivity (Wildman–Crippen MR) is 156 cm³/mol. The van der Waals surface area contributed by atoms with Gasteiger partial charge in [-0.25, -0.2) is 4.99 Å². The van der Waals surface area contributed by atoms with Crippen LogP contribution in [0.2, 0.25) is 0 Å². The molecule has 0 aromatic heterocycles. The van der Waals surface area contributed by atoms with E-state index >= 15 is 0 Å². The van der Waals surface area contributed by atoms with E-state index in [1.165, 1.54) is 11.0 Å². The molecule has 224 valence electrons. The minimum Gasteiger partial charge on any atom is -0.507 e. The number of phenolic OH excluding ortho intramolecular Hbond substituents is 1. The first-order valence-corrected chi connectivity index (χ1v) is 14.4. The summed E-state index contributed by atoms with van der Waals surface area (Å²) < 4.78 is 0. The van der Waals surface area contributed by atoms with Crippen LogP contribution in [0.3, 0.4) is 0 Å².